The van der Waals surface area contributed by atoms with Crippen molar-refractivity contribution in [2.45, 2.75) is 32.7 Å². The number of nitrogens with one attached hydrogen (secondary N) is 1. The first-order chi connectivity index (χ1) is 11.7. The molecular formula is C20H21BrN2O. The molecule has 3 rings (SSSR count). The molecule has 2 aromatic carbocycles. The SMILES string of the molecule is CCn1cc(CCCC(=O)Nc2ccccc2Br)c2ccccc21. The fraction of sp³-hybridized carbons (Fsp3) is 0.250. The lowest BCUT2D eigenvalue weighted by Gasteiger charge is -2.07. The maximum absolute atomic E-state index is 12.1. The van der Waals surface area contributed by atoms with Gasteiger partial charge in [0, 0.05) is 34.5 Å². The van der Waals surface area contributed by atoms with Crippen LogP contribution < -0.4 is 5.32 Å². The molecule has 4 heteroatoms. The topological polar surface area (TPSA) is 34.0 Å². The number of benzene rings is 2. The maximum atomic E-state index is 12.1. The Morgan fingerprint density at radius 3 is 2.67 bits per heavy atom. The molecule has 0 saturated heterocycles. The Labute approximate surface area is 150 Å². The molecule has 1 aromatic heterocycles. The van der Waals surface area contributed by atoms with Crippen molar-refractivity contribution in [3.05, 3.63) is 64.8 Å². The van der Waals surface area contributed by atoms with Crippen LogP contribution >= 0.6 is 15.9 Å². The highest BCUT2D eigenvalue weighted by atomic mass is 79.9. The van der Waals surface area contributed by atoms with Crippen molar-refractivity contribution < 1.29 is 4.79 Å². The van der Waals surface area contributed by atoms with Crippen LogP contribution in [0.1, 0.15) is 25.3 Å². The molecule has 0 bridgehead atoms. The molecular weight excluding hydrogens is 364 g/mol. The number of carbonyl (C=O) groups is 1. The van der Waals surface area contributed by atoms with Gasteiger partial charge in [0.05, 0.1) is 5.69 Å². The number of para-hydroxylation sites is 2. The van der Waals surface area contributed by atoms with Crippen LogP contribution in [0.15, 0.2) is 59.2 Å². The van der Waals surface area contributed by atoms with Crippen LogP contribution in [0.4, 0.5) is 5.69 Å². The molecule has 1 N–H and O–H groups in total. The molecule has 0 saturated carbocycles. The van der Waals surface area contributed by atoms with E-state index in [9.17, 15) is 4.79 Å². The van der Waals surface area contributed by atoms with E-state index < -0.39 is 0 Å². The summed E-state index contributed by atoms with van der Waals surface area (Å²) in [7, 11) is 0. The van der Waals surface area contributed by atoms with Gasteiger partial charge < -0.3 is 9.88 Å². The lowest BCUT2D eigenvalue weighted by molar-refractivity contribution is -0.116. The smallest absolute Gasteiger partial charge is 0.224 e. The third-order valence-electron chi connectivity index (χ3n) is 4.21. The summed E-state index contributed by atoms with van der Waals surface area (Å²) in [6.45, 7) is 3.12. The van der Waals surface area contributed by atoms with Gasteiger partial charge in [-0.1, -0.05) is 30.3 Å². The van der Waals surface area contributed by atoms with Crippen LogP contribution in [0.2, 0.25) is 0 Å². The van der Waals surface area contributed by atoms with Crippen LogP contribution in [0, 0.1) is 0 Å². The van der Waals surface area contributed by atoms with Crippen LogP contribution in [-0.4, -0.2) is 10.5 Å². The summed E-state index contributed by atoms with van der Waals surface area (Å²) in [5, 5.41) is 4.26. The third kappa shape index (κ3) is 3.70. The van der Waals surface area contributed by atoms with Gasteiger partial charge >= 0.3 is 0 Å². The fourth-order valence-electron chi connectivity index (χ4n) is 3.00. The summed E-state index contributed by atoms with van der Waals surface area (Å²) in [6, 6.07) is 16.1. The fourth-order valence-corrected chi connectivity index (χ4v) is 3.38. The summed E-state index contributed by atoms with van der Waals surface area (Å²) in [5.74, 6) is 0.0566. The summed E-state index contributed by atoms with van der Waals surface area (Å²) in [6.07, 6.45) is 4.49. The first kappa shape index (κ1) is 16.8. The number of hydrogen-bond acceptors (Lipinski definition) is 1. The minimum Gasteiger partial charge on any atom is -0.347 e. The zero-order valence-electron chi connectivity index (χ0n) is 13.8. The molecule has 0 unspecified atom stereocenters. The number of rotatable bonds is 6. The Morgan fingerprint density at radius 2 is 1.88 bits per heavy atom. The number of fused-ring (bicyclic) bond motifs is 1. The first-order valence-corrected chi connectivity index (χ1v) is 9.09. The summed E-state index contributed by atoms with van der Waals surface area (Å²) < 4.78 is 3.18. The van der Waals surface area contributed by atoms with Gasteiger partial charge in [0.15, 0.2) is 0 Å². The van der Waals surface area contributed by atoms with E-state index in [0.29, 0.717) is 6.42 Å². The zero-order chi connectivity index (χ0) is 16.9. The standard InChI is InChI=1S/C20H21BrN2O/c1-2-23-14-15(16-9-3-6-12-19(16)23)8-7-13-20(24)22-18-11-5-4-10-17(18)21/h3-6,9-12,14H,2,7-8,13H2,1H3,(H,22,24). The molecule has 24 heavy (non-hydrogen) atoms. The molecule has 0 radical (unpaired) electrons. The number of halogens is 1. The average molecular weight is 385 g/mol. The van der Waals surface area contributed by atoms with E-state index in [4.69, 9.17) is 0 Å². The molecule has 0 fully saturated rings. The average Bonchev–Trinajstić information content (AvgIpc) is 2.95. The van der Waals surface area contributed by atoms with Gasteiger partial charge in [-0.3, -0.25) is 4.79 Å². The third-order valence-corrected chi connectivity index (χ3v) is 4.90. The molecule has 1 amide bonds. The van der Waals surface area contributed by atoms with Crippen LogP contribution in [-0.2, 0) is 17.8 Å². The van der Waals surface area contributed by atoms with E-state index in [2.05, 4.69) is 63.2 Å². The highest BCUT2D eigenvalue weighted by molar-refractivity contribution is 9.10. The number of hydrogen-bond donors (Lipinski definition) is 1. The minimum absolute atomic E-state index is 0.0566. The second kappa shape index (κ2) is 7.67. The zero-order valence-corrected chi connectivity index (χ0v) is 15.3. The first-order valence-electron chi connectivity index (χ1n) is 8.30. The Hall–Kier alpha value is -2.07. The molecule has 3 nitrogen and oxygen atoms in total. The van der Waals surface area contributed by atoms with Crippen molar-refractivity contribution in [1.29, 1.82) is 0 Å². The largest absolute Gasteiger partial charge is 0.347 e. The van der Waals surface area contributed by atoms with Gasteiger partial charge in [-0.05, 0) is 59.5 Å². The molecule has 124 valence electrons. The van der Waals surface area contributed by atoms with Crippen molar-refractivity contribution in [3.8, 4) is 0 Å². The summed E-state index contributed by atoms with van der Waals surface area (Å²) in [4.78, 5) is 12.1. The number of anilines is 1. The number of nitrogens with zero attached hydrogens (tertiary/aromatic N) is 1. The van der Waals surface area contributed by atoms with E-state index in [-0.39, 0.29) is 5.91 Å². The predicted molar refractivity (Wildman–Crippen MR) is 103 cm³/mol. The summed E-state index contributed by atoms with van der Waals surface area (Å²) in [5.41, 5.74) is 3.42. The minimum atomic E-state index is 0.0566. The van der Waals surface area contributed by atoms with E-state index in [1.807, 2.05) is 24.3 Å². The van der Waals surface area contributed by atoms with Crippen molar-refractivity contribution in [2.24, 2.45) is 0 Å². The van der Waals surface area contributed by atoms with E-state index in [1.54, 1.807) is 0 Å². The van der Waals surface area contributed by atoms with Crippen LogP contribution in [0.5, 0.6) is 0 Å². The van der Waals surface area contributed by atoms with Gasteiger partial charge in [0.2, 0.25) is 5.91 Å². The molecule has 1 heterocycles. The van der Waals surface area contributed by atoms with Crippen LogP contribution in [0.3, 0.4) is 0 Å². The van der Waals surface area contributed by atoms with E-state index in [1.165, 1.54) is 16.5 Å². The lowest BCUT2D eigenvalue weighted by Crippen LogP contribution is -2.11. The quantitative estimate of drug-likeness (QED) is 0.607. The van der Waals surface area contributed by atoms with Crippen molar-refractivity contribution in [2.75, 3.05) is 5.32 Å². The molecule has 0 aliphatic heterocycles. The Kier molecular flexibility index (Phi) is 5.36. The van der Waals surface area contributed by atoms with Gasteiger partial charge in [-0.15, -0.1) is 0 Å². The Morgan fingerprint density at radius 1 is 1.12 bits per heavy atom. The highest BCUT2D eigenvalue weighted by Crippen LogP contribution is 2.24. The van der Waals surface area contributed by atoms with E-state index >= 15 is 0 Å². The lowest BCUT2D eigenvalue weighted by atomic mass is 10.1. The number of carbonyl (C=O) groups excluding carboxylic acids is 1. The molecule has 0 aliphatic rings. The number of aryl methyl sites for hydroxylation is 2. The highest BCUT2D eigenvalue weighted by Gasteiger charge is 2.09. The number of amides is 1. The van der Waals surface area contributed by atoms with E-state index in [0.717, 1.165) is 29.5 Å². The maximum Gasteiger partial charge on any atom is 0.224 e. The van der Waals surface area contributed by atoms with Crippen molar-refractivity contribution in [3.63, 3.8) is 0 Å². The normalized spacial score (nSPS) is 10.9. The Balaban J connectivity index is 1.61. The second-order valence-electron chi connectivity index (χ2n) is 5.84. The second-order valence-corrected chi connectivity index (χ2v) is 6.69. The number of aromatic nitrogens is 1. The monoisotopic (exact) mass is 384 g/mol. The Bertz CT molecular complexity index is 854. The van der Waals surface area contributed by atoms with Crippen molar-refractivity contribution in [1.82, 2.24) is 4.57 Å². The van der Waals surface area contributed by atoms with Gasteiger partial charge in [-0.2, -0.15) is 0 Å². The van der Waals surface area contributed by atoms with Crippen molar-refractivity contribution >= 4 is 38.4 Å². The summed E-state index contributed by atoms with van der Waals surface area (Å²) >= 11 is 3.45. The molecule has 0 spiro atoms. The predicted octanol–water partition coefficient (Wildman–Crippen LogP) is 5.39. The van der Waals surface area contributed by atoms with Crippen LogP contribution in [0.25, 0.3) is 10.9 Å². The van der Waals surface area contributed by atoms with Gasteiger partial charge in [0.25, 0.3) is 0 Å². The molecule has 0 atom stereocenters. The van der Waals surface area contributed by atoms with Gasteiger partial charge in [-0.25, -0.2) is 0 Å². The van der Waals surface area contributed by atoms with Gasteiger partial charge in [0.1, 0.15) is 0 Å². The molecule has 3 aromatic rings. The molecule has 0 aliphatic carbocycles.